The number of nitrogens with one attached hydrogen (secondary N) is 1. The fourth-order valence-electron chi connectivity index (χ4n) is 2.36. The number of carbonyl (C=O) groups excluding carboxylic acids is 1. The number of benzene rings is 3. The highest BCUT2D eigenvalue weighted by molar-refractivity contribution is 9.10. The van der Waals surface area contributed by atoms with E-state index < -0.39 is 0 Å². The van der Waals surface area contributed by atoms with E-state index in [4.69, 9.17) is 4.74 Å². The first-order chi connectivity index (χ1) is 13.1. The number of amides is 1. The van der Waals surface area contributed by atoms with Gasteiger partial charge < -0.3 is 4.74 Å². The van der Waals surface area contributed by atoms with Crippen LogP contribution in [0.25, 0.3) is 0 Å². The van der Waals surface area contributed by atoms with Gasteiger partial charge in [0.05, 0.1) is 6.21 Å². The molecule has 0 radical (unpaired) electrons. The molecule has 0 spiro atoms. The fourth-order valence-corrected chi connectivity index (χ4v) is 2.76. The monoisotopic (exact) mass is 422 g/mol. The summed E-state index contributed by atoms with van der Waals surface area (Å²) >= 11 is 3.34. The number of halogens is 1. The molecule has 4 nitrogen and oxygen atoms in total. The van der Waals surface area contributed by atoms with E-state index in [1.807, 2.05) is 30.3 Å². The average molecular weight is 423 g/mol. The van der Waals surface area contributed by atoms with Crippen LogP contribution in [-0.2, 0) is 6.61 Å². The van der Waals surface area contributed by atoms with Crippen molar-refractivity contribution in [3.8, 4) is 5.75 Å². The summed E-state index contributed by atoms with van der Waals surface area (Å²) in [4.78, 5) is 12.0. The van der Waals surface area contributed by atoms with E-state index in [0.717, 1.165) is 21.3 Å². The maximum atomic E-state index is 12.0. The Balaban J connectivity index is 1.51. The standard InChI is InChI=1S/C22H19BrN2O2/c1-16-5-7-18(8-6-16)15-27-21-11-9-17(10-12-21)14-24-25-22(26)19-3-2-4-20(23)13-19/h2-14H,15H2,1H3,(H,25,26)/b24-14+. The molecule has 3 rings (SSSR count). The van der Waals surface area contributed by atoms with Crippen LogP contribution in [-0.4, -0.2) is 12.1 Å². The number of hydrazone groups is 1. The van der Waals surface area contributed by atoms with Crippen molar-refractivity contribution in [3.05, 3.63) is 99.5 Å². The van der Waals surface area contributed by atoms with Crippen molar-refractivity contribution in [2.24, 2.45) is 5.10 Å². The Morgan fingerprint density at radius 2 is 1.81 bits per heavy atom. The van der Waals surface area contributed by atoms with Crippen LogP contribution < -0.4 is 10.2 Å². The molecule has 0 aliphatic rings. The molecule has 1 amide bonds. The maximum Gasteiger partial charge on any atom is 0.271 e. The number of nitrogens with zero attached hydrogens (tertiary/aromatic N) is 1. The molecule has 0 aromatic heterocycles. The molecule has 136 valence electrons. The van der Waals surface area contributed by atoms with E-state index in [2.05, 4.69) is 57.6 Å². The Kier molecular flexibility index (Phi) is 6.39. The summed E-state index contributed by atoms with van der Waals surface area (Å²) in [5.41, 5.74) is 6.29. The third-order valence-electron chi connectivity index (χ3n) is 3.87. The first-order valence-electron chi connectivity index (χ1n) is 8.47. The zero-order valence-corrected chi connectivity index (χ0v) is 16.4. The minimum Gasteiger partial charge on any atom is -0.489 e. The van der Waals surface area contributed by atoms with Gasteiger partial charge in [0.1, 0.15) is 12.4 Å². The van der Waals surface area contributed by atoms with Crippen molar-refractivity contribution < 1.29 is 9.53 Å². The Hall–Kier alpha value is -2.92. The smallest absolute Gasteiger partial charge is 0.271 e. The van der Waals surface area contributed by atoms with Crippen molar-refractivity contribution in [1.29, 1.82) is 0 Å². The molecule has 0 aliphatic heterocycles. The summed E-state index contributed by atoms with van der Waals surface area (Å²) in [5.74, 6) is 0.525. The van der Waals surface area contributed by atoms with E-state index in [-0.39, 0.29) is 5.91 Å². The molecule has 0 atom stereocenters. The van der Waals surface area contributed by atoms with Crippen LogP contribution in [0.2, 0.25) is 0 Å². The molecule has 0 heterocycles. The summed E-state index contributed by atoms with van der Waals surface area (Å²) < 4.78 is 6.63. The van der Waals surface area contributed by atoms with E-state index in [0.29, 0.717) is 12.2 Å². The molecule has 1 N–H and O–H groups in total. The molecule has 5 heteroatoms. The number of carbonyl (C=O) groups is 1. The van der Waals surface area contributed by atoms with Crippen LogP contribution in [0.5, 0.6) is 5.75 Å². The highest BCUT2D eigenvalue weighted by Gasteiger charge is 2.03. The number of hydrogen-bond acceptors (Lipinski definition) is 3. The number of hydrogen-bond donors (Lipinski definition) is 1. The zero-order valence-electron chi connectivity index (χ0n) is 14.9. The normalized spacial score (nSPS) is 10.7. The first-order valence-corrected chi connectivity index (χ1v) is 9.27. The van der Waals surface area contributed by atoms with E-state index in [1.165, 1.54) is 5.56 Å². The quantitative estimate of drug-likeness (QED) is 0.443. The van der Waals surface area contributed by atoms with Crippen molar-refractivity contribution in [3.63, 3.8) is 0 Å². The summed E-state index contributed by atoms with van der Waals surface area (Å²) in [5, 5.41) is 4.00. The average Bonchev–Trinajstić information content (AvgIpc) is 2.68. The molecule has 0 bridgehead atoms. The lowest BCUT2D eigenvalue weighted by Gasteiger charge is -2.07. The SMILES string of the molecule is Cc1ccc(COc2ccc(/C=N/NC(=O)c3cccc(Br)c3)cc2)cc1. The van der Waals surface area contributed by atoms with Crippen molar-refractivity contribution in [1.82, 2.24) is 5.43 Å². The third kappa shape index (κ3) is 5.79. The lowest BCUT2D eigenvalue weighted by Crippen LogP contribution is -2.17. The molecular formula is C22H19BrN2O2. The van der Waals surface area contributed by atoms with Gasteiger partial charge >= 0.3 is 0 Å². The van der Waals surface area contributed by atoms with Crippen LogP contribution in [0.15, 0.2) is 82.4 Å². The van der Waals surface area contributed by atoms with Crippen molar-refractivity contribution >= 4 is 28.1 Å². The highest BCUT2D eigenvalue weighted by Crippen LogP contribution is 2.14. The highest BCUT2D eigenvalue weighted by atomic mass is 79.9. The van der Waals surface area contributed by atoms with Crippen LogP contribution in [0.3, 0.4) is 0 Å². The van der Waals surface area contributed by atoms with Gasteiger partial charge in [0.25, 0.3) is 5.91 Å². The lowest BCUT2D eigenvalue weighted by molar-refractivity contribution is 0.0955. The molecule has 27 heavy (non-hydrogen) atoms. The predicted octanol–water partition coefficient (Wildman–Crippen LogP) is 5.10. The maximum absolute atomic E-state index is 12.0. The number of rotatable bonds is 6. The fraction of sp³-hybridized carbons (Fsp3) is 0.0909. The van der Waals surface area contributed by atoms with Gasteiger partial charge in [0.15, 0.2) is 0 Å². The molecule has 0 saturated heterocycles. The van der Waals surface area contributed by atoms with Crippen LogP contribution >= 0.6 is 15.9 Å². The first kappa shape index (κ1) is 18.9. The van der Waals surface area contributed by atoms with Gasteiger partial charge in [-0.3, -0.25) is 4.79 Å². The lowest BCUT2D eigenvalue weighted by atomic mass is 10.2. The Labute approximate surface area is 167 Å². The number of ether oxygens (including phenoxy) is 1. The van der Waals surface area contributed by atoms with Crippen LogP contribution in [0.1, 0.15) is 27.0 Å². The van der Waals surface area contributed by atoms with Gasteiger partial charge in [-0.15, -0.1) is 0 Å². The Morgan fingerprint density at radius 3 is 2.52 bits per heavy atom. The second kappa shape index (κ2) is 9.14. The third-order valence-corrected chi connectivity index (χ3v) is 4.37. The van der Waals surface area contributed by atoms with E-state index >= 15 is 0 Å². The van der Waals surface area contributed by atoms with Crippen molar-refractivity contribution in [2.75, 3.05) is 0 Å². The van der Waals surface area contributed by atoms with Gasteiger partial charge in [0, 0.05) is 10.0 Å². The van der Waals surface area contributed by atoms with Crippen LogP contribution in [0.4, 0.5) is 0 Å². The van der Waals surface area contributed by atoms with Gasteiger partial charge in [0.2, 0.25) is 0 Å². The van der Waals surface area contributed by atoms with Crippen molar-refractivity contribution in [2.45, 2.75) is 13.5 Å². The summed E-state index contributed by atoms with van der Waals surface area (Å²) in [6, 6.07) is 22.9. The minimum absolute atomic E-state index is 0.259. The second-order valence-electron chi connectivity index (χ2n) is 6.05. The summed E-state index contributed by atoms with van der Waals surface area (Å²) in [6.07, 6.45) is 1.60. The molecule has 0 saturated carbocycles. The van der Waals surface area contributed by atoms with Gasteiger partial charge in [-0.25, -0.2) is 5.43 Å². The van der Waals surface area contributed by atoms with Gasteiger partial charge in [-0.2, -0.15) is 5.10 Å². The second-order valence-corrected chi connectivity index (χ2v) is 6.97. The van der Waals surface area contributed by atoms with E-state index in [1.54, 1.807) is 24.4 Å². The predicted molar refractivity (Wildman–Crippen MR) is 111 cm³/mol. The molecular weight excluding hydrogens is 404 g/mol. The Bertz CT molecular complexity index is 935. The van der Waals surface area contributed by atoms with E-state index in [9.17, 15) is 4.79 Å². The Morgan fingerprint density at radius 1 is 1.07 bits per heavy atom. The number of aryl methyl sites for hydroxylation is 1. The molecule has 0 aliphatic carbocycles. The summed E-state index contributed by atoms with van der Waals surface area (Å²) in [6.45, 7) is 2.59. The molecule has 3 aromatic rings. The zero-order chi connectivity index (χ0) is 19.1. The molecule has 0 unspecified atom stereocenters. The van der Waals surface area contributed by atoms with Crippen LogP contribution in [0, 0.1) is 6.92 Å². The van der Waals surface area contributed by atoms with Gasteiger partial charge in [-0.05, 0) is 60.5 Å². The minimum atomic E-state index is -0.259. The largest absolute Gasteiger partial charge is 0.489 e. The molecule has 0 fully saturated rings. The topological polar surface area (TPSA) is 50.7 Å². The summed E-state index contributed by atoms with van der Waals surface area (Å²) in [7, 11) is 0. The van der Waals surface area contributed by atoms with Gasteiger partial charge in [-0.1, -0.05) is 51.8 Å². The molecule has 3 aromatic carbocycles.